The Kier molecular flexibility index (Phi) is 4.01. The molecule has 0 aromatic rings. The molecule has 1 aliphatic heterocycles. The van der Waals surface area contributed by atoms with Crippen LogP contribution in [0.1, 0.15) is 6.42 Å². The summed E-state index contributed by atoms with van der Waals surface area (Å²) in [6, 6.07) is 0. The van der Waals surface area contributed by atoms with Gasteiger partial charge in [-0.15, -0.1) is 11.6 Å². The minimum atomic E-state index is -2.78. The first-order valence-electron chi connectivity index (χ1n) is 4.34. The average Bonchev–Trinajstić information content (AvgIpc) is 2.42. The molecule has 3 nitrogen and oxygen atoms in total. The molecular formula is C8H15ClO3S. The van der Waals surface area contributed by atoms with Crippen LogP contribution in [0.2, 0.25) is 0 Å². The van der Waals surface area contributed by atoms with E-state index in [0.29, 0.717) is 18.2 Å². The first-order valence-corrected chi connectivity index (χ1v) is 6.70. The molecule has 1 rings (SSSR count). The lowest BCUT2D eigenvalue weighted by Crippen LogP contribution is -2.22. The highest BCUT2D eigenvalue weighted by Gasteiger charge is 2.33. The Morgan fingerprint density at radius 3 is 2.69 bits per heavy atom. The molecule has 2 unspecified atom stereocenters. The summed E-state index contributed by atoms with van der Waals surface area (Å²) in [5.74, 6) is 1.46. The van der Waals surface area contributed by atoms with Gasteiger partial charge in [0, 0.05) is 13.0 Å². The van der Waals surface area contributed by atoms with Crippen LogP contribution in [0.4, 0.5) is 0 Å². The quantitative estimate of drug-likeness (QED) is 0.670. The number of alkyl halides is 1. The fourth-order valence-corrected chi connectivity index (χ4v) is 3.98. The molecule has 0 spiro atoms. The first kappa shape index (κ1) is 11.3. The third-order valence-corrected chi connectivity index (χ3v) is 4.70. The third kappa shape index (κ3) is 3.11. The Morgan fingerprint density at radius 1 is 1.62 bits per heavy atom. The highest BCUT2D eigenvalue weighted by atomic mass is 35.5. The SMILES string of the molecule is COCC(CCl)C1CCS(=O)(=O)C1. The minimum absolute atomic E-state index is 0.184. The zero-order valence-corrected chi connectivity index (χ0v) is 9.27. The summed E-state index contributed by atoms with van der Waals surface area (Å²) in [5.41, 5.74) is 0. The molecule has 13 heavy (non-hydrogen) atoms. The zero-order chi connectivity index (χ0) is 9.90. The fourth-order valence-electron chi connectivity index (χ4n) is 1.72. The molecule has 5 heteroatoms. The number of sulfone groups is 1. The van der Waals surface area contributed by atoms with Crippen LogP contribution in [-0.4, -0.2) is 39.5 Å². The van der Waals surface area contributed by atoms with Gasteiger partial charge in [0.25, 0.3) is 0 Å². The zero-order valence-electron chi connectivity index (χ0n) is 7.70. The molecule has 0 amide bonds. The Labute approximate surface area is 84.3 Å². The second-order valence-corrected chi connectivity index (χ2v) is 6.07. The molecule has 0 saturated carbocycles. The number of hydrogen-bond acceptors (Lipinski definition) is 3. The molecule has 78 valence electrons. The third-order valence-electron chi connectivity index (χ3n) is 2.51. The van der Waals surface area contributed by atoms with Gasteiger partial charge in [0.15, 0.2) is 9.84 Å². The maximum absolute atomic E-state index is 11.2. The van der Waals surface area contributed by atoms with E-state index < -0.39 is 9.84 Å². The van der Waals surface area contributed by atoms with Gasteiger partial charge < -0.3 is 4.74 Å². The molecule has 0 radical (unpaired) electrons. The molecule has 2 atom stereocenters. The topological polar surface area (TPSA) is 43.4 Å². The van der Waals surface area contributed by atoms with Gasteiger partial charge in [0.1, 0.15) is 0 Å². The summed E-state index contributed by atoms with van der Waals surface area (Å²) in [6.45, 7) is 0.559. The van der Waals surface area contributed by atoms with Crippen molar-refractivity contribution in [2.75, 3.05) is 31.1 Å². The largest absolute Gasteiger partial charge is 0.384 e. The molecule has 0 aliphatic carbocycles. The summed E-state index contributed by atoms with van der Waals surface area (Å²) >= 11 is 5.74. The second-order valence-electron chi connectivity index (χ2n) is 3.53. The molecule has 0 aromatic carbocycles. The molecule has 0 N–H and O–H groups in total. The number of rotatable bonds is 4. The van der Waals surface area contributed by atoms with E-state index in [2.05, 4.69) is 0 Å². The van der Waals surface area contributed by atoms with E-state index in [1.165, 1.54) is 0 Å². The van der Waals surface area contributed by atoms with Crippen molar-refractivity contribution in [2.24, 2.45) is 11.8 Å². The van der Waals surface area contributed by atoms with Crippen molar-refractivity contribution in [3.8, 4) is 0 Å². The van der Waals surface area contributed by atoms with Crippen molar-refractivity contribution in [3.05, 3.63) is 0 Å². The lowest BCUT2D eigenvalue weighted by molar-refractivity contribution is 0.137. The van der Waals surface area contributed by atoms with Crippen LogP contribution < -0.4 is 0 Å². The predicted octanol–water partition coefficient (Wildman–Crippen LogP) is 0.923. The van der Waals surface area contributed by atoms with Gasteiger partial charge >= 0.3 is 0 Å². The smallest absolute Gasteiger partial charge is 0.150 e. The maximum Gasteiger partial charge on any atom is 0.150 e. The predicted molar refractivity (Wildman–Crippen MR) is 52.8 cm³/mol. The molecule has 0 aromatic heterocycles. The van der Waals surface area contributed by atoms with Crippen LogP contribution >= 0.6 is 11.6 Å². The van der Waals surface area contributed by atoms with Crippen molar-refractivity contribution in [1.29, 1.82) is 0 Å². The molecule has 1 aliphatic rings. The monoisotopic (exact) mass is 226 g/mol. The average molecular weight is 227 g/mol. The number of halogens is 1. The van der Waals surface area contributed by atoms with Gasteiger partial charge in [0.05, 0.1) is 18.1 Å². The summed E-state index contributed by atoms with van der Waals surface area (Å²) in [6.07, 6.45) is 0.739. The highest BCUT2D eigenvalue weighted by molar-refractivity contribution is 7.91. The Hall–Kier alpha value is 0.200. The van der Waals surface area contributed by atoms with Crippen LogP contribution in [0.25, 0.3) is 0 Å². The molecule has 1 saturated heterocycles. The van der Waals surface area contributed by atoms with Gasteiger partial charge in [0.2, 0.25) is 0 Å². The summed E-state index contributed by atoms with van der Waals surface area (Å²) in [7, 11) is -1.17. The van der Waals surface area contributed by atoms with Crippen molar-refractivity contribution in [2.45, 2.75) is 6.42 Å². The number of ether oxygens (including phenoxy) is 1. The van der Waals surface area contributed by atoms with Crippen molar-refractivity contribution in [1.82, 2.24) is 0 Å². The standard InChI is InChI=1S/C8H15ClO3S/c1-12-5-8(4-9)7-2-3-13(10,11)6-7/h7-8H,2-6H2,1H3. The normalized spacial score (nSPS) is 28.9. The van der Waals surface area contributed by atoms with E-state index in [0.717, 1.165) is 6.42 Å². The van der Waals surface area contributed by atoms with Gasteiger partial charge in [-0.05, 0) is 18.3 Å². The van der Waals surface area contributed by atoms with Crippen molar-refractivity contribution in [3.63, 3.8) is 0 Å². The summed E-state index contributed by atoms with van der Waals surface area (Å²) in [5, 5.41) is 0. The van der Waals surface area contributed by atoms with Gasteiger partial charge in [-0.2, -0.15) is 0 Å². The molecule has 0 bridgehead atoms. The van der Waals surface area contributed by atoms with Crippen LogP contribution in [0.3, 0.4) is 0 Å². The van der Waals surface area contributed by atoms with Gasteiger partial charge in [-0.1, -0.05) is 0 Å². The van der Waals surface area contributed by atoms with Crippen LogP contribution in [-0.2, 0) is 14.6 Å². The molecule has 1 heterocycles. The second kappa shape index (κ2) is 4.62. The minimum Gasteiger partial charge on any atom is -0.384 e. The fraction of sp³-hybridized carbons (Fsp3) is 1.00. The lowest BCUT2D eigenvalue weighted by atomic mass is 9.94. The highest BCUT2D eigenvalue weighted by Crippen LogP contribution is 2.26. The Morgan fingerprint density at radius 2 is 2.31 bits per heavy atom. The Balaban J connectivity index is 2.52. The molecule has 1 fully saturated rings. The van der Waals surface area contributed by atoms with Crippen molar-refractivity contribution < 1.29 is 13.2 Å². The van der Waals surface area contributed by atoms with E-state index in [1.54, 1.807) is 7.11 Å². The lowest BCUT2D eigenvalue weighted by Gasteiger charge is -2.18. The van der Waals surface area contributed by atoms with E-state index in [4.69, 9.17) is 16.3 Å². The van der Waals surface area contributed by atoms with E-state index in [-0.39, 0.29) is 17.6 Å². The van der Waals surface area contributed by atoms with Gasteiger partial charge in [-0.3, -0.25) is 0 Å². The molecular weight excluding hydrogens is 212 g/mol. The Bertz CT molecular complexity index is 250. The van der Waals surface area contributed by atoms with Gasteiger partial charge in [-0.25, -0.2) is 8.42 Å². The van der Waals surface area contributed by atoms with Crippen LogP contribution in [0, 0.1) is 11.8 Å². The van der Waals surface area contributed by atoms with Crippen molar-refractivity contribution >= 4 is 21.4 Å². The number of hydrogen-bond donors (Lipinski definition) is 0. The summed E-state index contributed by atoms with van der Waals surface area (Å²) < 4.78 is 27.4. The number of methoxy groups -OCH3 is 1. The van der Waals surface area contributed by atoms with E-state index in [1.807, 2.05) is 0 Å². The van der Waals surface area contributed by atoms with E-state index in [9.17, 15) is 8.42 Å². The maximum atomic E-state index is 11.2. The summed E-state index contributed by atoms with van der Waals surface area (Å²) in [4.78, 5) is 0. The first-order chi connectivity index (χ1) is 6.09. The van der Waals surface area contributed by atoms with Crippen LogP contribution in [0.15, 0.2) is 0 Å². The van der Waals surface area contributed by atoms with Crippen LogP contribution in [0.5, 0.6) is 0 Å². The van der Waals surface area contributed by atoms with E-state index >= 15 is 0 Å².